The zero-order chi connectivity index (χ0) is 9.42. The van der Waals surface area contributed by atoms with Crippen LogP contribution in [-0.4, -0.2) is 25.7 Å². The first-order valence-electron chi connectivity index (χ1n) is 3.49. The predicted octanol–water partition coefficient (Wildman–Crippen LogP) is 0.251. The Kier molecular flexibility index (Phi) is 1.42. The number of hydrogen-bond donors (Lipinski definition) is 2. The molecule has 6 nitrogen and oxygen atoms in total. The molecule has 0 saturated heterocycles. The van der Waals surface area contributed by atoms with Crippen LogP contribution in [0.2, 0.25) is 0 Å². The normalized spacial score (nSPS) is 10.5. The van der Waals surface area contributed by atoms with E-state index in [2.05, 4.69) is 9.97 Å². The summed E-state index contributed by atoms with van der Waals surface area (Å²) in [7, 11) is 0. The zero-order valence-corrected chi connectivity index (χ0v) is 6.39. The van der Waals surface area contributed by atoms with Crippen LogP contribution in [0.25, 0.3) is 11.2 Å². The van der Waals surface area contributed by atoms with E-state index in [1.54, 1.807) is 6.07 Å². The average molecular weight is 179 g/mol. The fourth-order valence-electron chi connectivity index (χ4n) is 1.13. The van der Waals surface area contributed by atoms with Crippen LogP contribution in [0.3, 0.4) is 0 Å². The maximum Gasteiger partial charge on any atom is 0.420 e. The van der Waals surface area contributed by atoms with E-state index in [4.69, 9.17) is 5.11 Å². The van der Waals surface area contributed by atoms with Gasteiger partial charge in [0.15, 0.2) is 5.65 Å². The van der Waals surface area contributed by atoms with E-state index in [-0.39, 0.29) is 11.2 Å². The zero-order valence-electron chi connectivity index (χ0n) is 6.39. The van der Waals surface area contributed by atoms with Crippen LogP contribution >= 0.6 is 0 Å². The Balaban J connectivity index is 2.95. The van der Waals surface area contributed by atoms with Crippen molar-refractivity contribution in [3.05, 3.63) is 28.8 Å². The van der Waals surface area contributed by atoms with Crippen molar-refractivity contribution in [3.8, 4) is 0 Å². The van der Waals surface area contributed by atoms with Crippen LogP contribution in [0.15, 0.2) is 23.1 Å². The van der Waals surface area contributed by atoms with Gasteiger partial charge in [0, 0.05) is 6.20 Å². The van der Waals surface area contributed by atoms with Crippen LogP contribution < -0.4 is 5.69 Å². The highest BCUT2D eigenvalue weighted by atomic mass is 16.4. The predicted molar refractivity (Wildman–Crippen MR) is 43.8 cm³/mol. The molecule has 0 atom stereocenters. The van der Waals surface area contributed by atoms with E-state index in [1.807, 2.05) is 0 Å². The van der Waals surface area contributed by atoms with Crippen molar-refractivity contribution in [2.75, 3.05) is 0 Å². The van der Waals surface area contributed by atoms with Crippen molar-refractivity contribution in [1.29, 1.82) is 0 Å². The second kappa shape index (κ2) is 2.44. The van der Waals surface area contributed by atoms with Gasteiger partial charge in [-0.05, 0) is 12.1 Å². The van der Waals surface area contributed by atoms with Crippen LogP contribution in [-0.2, 0) is 0 Å². The van der Waals surface area contributed by atoms with Gasteiger partial charge in [0.1, 0.15) is 0 Å². The molecule has 0 saturated carbocycles. The van der Waals surface area contributed by atoms with E-state index in [0.717, 1.165) is 0 Å². The number of carbonyl (C=O) groups is 1. The lowest BCUT2D eigenvalue weighted by molar-refractivity contribution is 0.196. The number of fused-ring (bicyclic) bond motifs is 1. The number of imidazole rings is 1. The Morgan fingerprint density at radius 1 is 1.62 bits per heavy atom. The summed E-state index contributed by atoms with van der Waals surface area (Å²) in [6, 6.07) is 3.07. The Labute approximate surface area is 71.5 Å². The topological polar surface area (TPSA) is 88.0 Å². The van der Waals surface area contributed by atoms with Crippen LogP contribution in [0.4, 0.5) is 4.79 Å². The van der Waals surface area contributed by atoms with E-state index in [1.165, 1.54) is 12.3 Å². The molecule has 0 fully saturated rings. The molecule has 2 aromatic heterocycles. The molecular weight excluding hydrogens is 174 g/mol. The standard InChI is InChI=1S/C7H5N3O3/c11-6-9-5-4(2-1-3-8-5)10(6)7(12)13/h1-3H,(H,12,13)(H,8,9,11). The van der Waals surface area contributed by atoms with Crippen molar-refractivity contribution in [2.45, 2.75) is 0 Å². The van der Waals surface area contributed by atoms with Gasteiger partial charge in [0.05, 0.1) is 5.52 Å². The number of pyridine rings is 1. The minimum absolute atomic E-state index is 0.264. The lowest BCUT2D eigenvalue weighted by Gasteiger charge is -1.92. The van der Waals surface area contributed by atoms with Crippen molar-refractivity contribution < 1.29 is 9.90 Å². The molecule has 66 valence electrons. The monoisotopic (exact) mass is 179 g/mol. The lowest BCUT2D eigenvalue weighted by atomic mass is 10.4. The van der Waals surface area contributed by atoms with Gasteiger partial charge in [-0.25, -0.2) is 14.6 Å². The number of rotatable bonds is 0. The molecular formula is C7H5N3O3. The van der Waals surface area contributed by atoms with Crippen molar-refractivity contribution >= 4 is 17.3 Å². The number of hydrogen-bond acceptors (Lipinski definition) is 3. The van der Waals surface area contributed by atoms with Gasteiger partial charge in [-0.1, -0.05) is 0 Å². The minimum atomic E-state index is -1.32. The highest BCUT2D eigenvalue weighted by Gasteiger charge is 2.11. The summed E-state index contributed by atoms with van der Waals surface area (Å²) >= 11 is 0. The number of H-pyrrole nitrogens is 1. The van der Waals surface area contributed by atoms with Gasteiger partial charge in [-0.2, -0.15) is 4.57 Å². The molecule has 0 bridgehead atoms. The third kappa shape index (κ3) is 0.994. The SMILES string of the molecule is O=C(O)n1c(=O)[nH]c2ncccc21. The number of aromatic amines is 1. The summed E-state index contributed by atoms with van der Waals surface area (Å²) in [5.74, 6) is 0. The van der Waals surface area contributed by atoms with E-state index < -0.39 is 11.8 Å². The van der Waals surface area contributed by atoms with Gasteiger partial charge in [0.25, 0.3) is 0 Å². The Bertz CT molecular complexity index is 525. The van der Waals surface area contributed by atoms with Crippen LogP contribution in [0.1, 0.15) is 0 Å². The molecule has 6 heteroatoms. The molecule has 0 radical (unpaired) electrons. The summed E-state index contributed by atoms with van der Waals surface area (Å²) in [5.41, 5.74) is -0.156. The Morgan fingerprint density at radius 2 is 2.38 bits per heavy atom. The summed E-state index contributed by atoms with van der Waals surface area (Å²) < 4.78 is 0.613. The third-order valence-electron chi connectivity index (χ3n) is 1.65. The molecule has 0 unspecified atom stereocenters. The van der Waals surface area contributed by atoms with E-state index >= 15 is 0 Å². The van der Waals surface area contributed by atoms with Gasteiger partial charge in [0.2, 0.25) is 0 Å². The number of carboxylic acid groups (broad SMARTS) is 1. The lowest BCUT2D eigenvalue weighted by Crippen LogP contribution is -2.22. The summed E-state index contributed by atoms with van der Waals surface area (Å²) in [6.07, 6.45) is 0.161. The number of nitrogens with one attached hydrogen (secondary N) is 1. The van der Waals surface area contributed by atoms with Crippen LogP contribution in [0, 0.1) is 0 Å². The average Bonchev–Trinajstić information content (AvgIpc) is 2.39. The van der Waals surface area contributed by atoms with Gasteiger partial charge in [-0.15, -0.1) is 0 Å². The molecule has 0 aromatic carbocycles. The number of nitrogens with zero attached hydrogens (tertiary/aromatic N) is 2. The summed E-state index contributed by atoms with van der Waals surface area (Å²) in [4.78, 5) is 27.8. The summed E-state index contributed by atoms with van der Waals surface area (Å²) in [5, 5.41) is 8.67. The highest BCUT2D eigenvalue weighted by Crippen LogP contribution is 2.04. The first kappa shape index (κ1) is 7.53. The molecule has 2 rings (SSSR count). The molecule has 0 aliphatic heterocycles. The second-order valence-electron chi connectivity index (χ2n) is 2.42. The van der Waals surface area contributed by atoms with Crippen molar-refractivity contribution in [2.24, 2.45) is 0 Å². The molecule has 0 spiro atoms. The van der Waals surface area contributed by atoms with Gasteiger partial charge < -0.3 is 5.11 Å². The largest absolute Gasteiger partial charge is 0.464 e. The molecule has 2 heterocycles. The van der Waals surface area contributed by atoms with Gasteiger partial charge >= 0.3 is 11.8 Å². The smallest absolute Gasteiger partial charge is 0.420 e. The number of aromatic nitrogens is 3. The fraction of sp³-hybridized carbons (Fsp3) is 0. The first-order chi connectivity index (χ1) is 6.20. The highest BCUT2D eigenvalue weighted by molar-refractivity contribution is 5.83. The molecule has 0 aliphatic rings. The van der Waals surface area contributed by atoms with Gasteiger partial charge in [-0.3, -0.25) is 4.98 Å². The second-order valence-corrected chi connectivity index (χ2v) is 2.42. The van der Waals surface area contributed by atoms with E-state index in [0.29, 0.717) is 4.57 Å². The molecule has 2 aromatic rings. The molecule has 2 N–H and O–H groups in total. The minimum Gasteiger partial charge on any atom is -0.464 e. The third-order valence-corrected chi connectivity index (χ3v) is 1.65. The summed E-state index contributed by atoms with van der Waals surface area (Å²) in [6.45, 7) is 0. The Hall–Kier alpha value is -2.11. The van der Waals surface area contributed by atoms with Crippen LogP contribution in [0.5, 0.6) is 0 Å². The molecule has 0 amide bonds. The Morgan fingerprint density at radius 3 is 3.08 bits per heavy atom. The van der Waals surface area contributed by atoms with Crippen molar-refractivity contribution in [1.82, 2.24) is 14.5 Å². The first-order valence-corrected chi connectivity index (χ1v) is 3.49. The fourth-order valence-corrected chi connectivity index (χ4v) is 1.13. The quantitative estimate of drug-likeness (QED) is 0.606. The maximum absolute atomic E-state index is 11.1. The van der Waals surface area contributed by atoms with Crippen molar-refractivity contribution in [3.63, 3.8) is 0 Å². The van der Waals surface area contributed by atoms with E-state index in [9.17, 15) is 9.59 Å². The maximum atomic E-state index is 11.1. The molecule has 13 heavy (non-hydrogen) atoms. The molecule has 0 aliphatic carbocycles.